The molecule has 0 bridgehead atoms. The zero-order valence-corrected chi connectivity index (χ0v) is 32.5. The minimum Gasteiger partial charge on any atom is -0.459 e. The Morgan fingerprint density at radius 1 is 0.574 bits per heavy atom. The average molecular weight is 674 g/mol. The van der Waals surface area contributed by atoms with E-state index in [0.717, 1.165) is 19.3 Å². The highest BCUT2D eigenvalue weighted by Gasteiger charge is 2.18. The van der Waals surface area contributed by atoms with Gasteiger partial charge in [0.05, 0.1) is 6.61 Å². The summed E-state index contributed by atoms with van der Waals surface area (Å²) >= 11 is 0. The van der Waals surface area contributed by atoms with E-state index >= 15 is 0 Å². The lowest BCUT2D eigenvalue weighted by atomic mass is 10.1. The Morgan fingerprint density at radius 3 is 1.36 bits per heavy atom. The number of carbonyl (C=O) groups is 2. The van der Waals surface area contributed by atoms with E-state index in [-0.39, 0.29) is 20.7 Å². The maximum atomic E-state index is 12.2. The predicted octanol–water partition coefficient (Wildman–Crippen LogP) is 12.1. The third-order valence-electron chi connectivity index (χ3n) is 7.99. The Hall–Kier alpha value is -1.34. The van der Waals surface area contributed by atoms with E-state index in [9.17, 15) is 9.59 Å². The molecule has 0 aliphatic rings. The number of hydrogen-bond acceptors (Lipinski definition) is 6. The third-order valence-corrected chi connectivity index (χ3v) is 7.99. The van der Waals surface area contributed by atoms with Gasteiger partial charge < -0.3 is 24.3 Å². The van der Waals surface area contributed by atoms with Crippen molar-refractivity contribution in [3.8, 4) is 0 Å². The summed E-state index contributed by atoms with van der Waals surface area (Å²) in [5.41, 5.74) is -0.597. The van der Waals surface area contributed by atoms with E-state index < -0.39 is 17.7 Å². The lowest BCUT2D eigenvalue weighted by Gasteiger charge is -2.20. The number of hydrogen-bond donors (Lipinski definition) is 1. The molecule has 47 heavy (non-hydrogen) atoms. The molecule has 1 atom stereocenters. The van der Waals surface area contributed by atoms with Crippen LogP contribution in [0, 0.1) is 0 Å². The number of carbonyl (C=O) groups excluding carboxylic acids is 2. The maximum Gasteiger partial charge on any atom is 0.407 e. The van der Waals surface area contributed by atoms with Gasteiger partial charge in [-0.1, -0.05) is 169 Å². The third kappa shape index (κ3) is 40.7. The lowest BCUT2D eigenvalue weighted by Crippen LogP contribution is -2.36. The number of rotatable bonds is 33. The predicted molar refractivity (Wildman–Crippen MR) is 201 cm³/mol. The molecular weight excluding hydrogens is 590 g/mol. The second-order valence-electron chi connectivity index (χ2n) is 13.9. The van der Waals surface area contributed by atoms with Crippen molar-refractivity contribution in [3.05, 3.63) is 0 Å². The van der Waals surface area contributed by atoms with Crippen LogP contribution >= 0.6 is 0 Å². The van der Waals surface area contributed by atoms with Gasteiger partial charge in [-0.3, -0.25) is 4.79 Å². The summed E-state index contributed by atoms with van der Waals surface area (Å²) in [6.45, 7) is 15.5. The van der Waals surface area contributed by atoms with Crippen LogP contribution in [0.15, 0.2) is 0 Å². The van der Waals surface area contributed by atoms with Gasteiger partial charge in [0.25, 0.3) is 0 Å². The zero-order valence-electron chi connectivity index (χ0n) is 32.5. The largest absolute Gasteiger partial charge is 0.459 e. The quantitative estimate of drug-likeness (QED) is 0.0551. The van der Waals surface area contributed by atoms with Gasteiger partial charge in [-0.25, -0.2) is 4.79 Å². The SMILES string of the molecule is CC.CCCCCCCCCCCCCCOC[C@H](COC(=O)NCC(=O)OC(C)(C)C)OCCCCCCCCCCCCCC.[HH]. The van der Waals surface area contributed by atoms with Gasteiger partial charge in [-0.2, -0.15) is 0 Å². The molecule has 7 nitrogen and oxygen atoms in total. The molecule has 0 heterocycles. The van der Waals surface area contributed by atoms with Crippen molar-refractivity contribution in [2.45, 2.75) is 214 Å². The summed E-state index contributed by atoms with van der Waals surface area (Å²) in [5.74, 6) is -0.495. The molecule has 0 fully saturated rings. The minimum atomic E-state index is -0.652. The van der Waals surface area contributed by atoms with E-state index in [1.54, 1.807) is 20.8 Å². The van der Waals surface area contributed by atoms with Gasteiger partial charge in [-0.15, -0.1) is 0 Å². The highest BCUT2D eigenvalue weighted by atomic mass is 16.6. The summed E-state index contributed by atoms with van der Waals surface area (Å²) in [4.78, 5) is 24.0. The molecule has 0 spiro atoms. The number of esters is 1. The molecule has 7 heteroatoms. The van der Waals surface area contributed by atoms with Gasteiger partial charge in [0, 0.05) is 14.6 Å². The Balaban J connectivity index is -0.00000661. The molecule has 0 aromatic rings. The fourth-order valence-electron chi connectivity index (χ4n) is 5.34. The summed E-state index contributed by atoms with van der Waals surface area (Å²) in [6, 6.07) is 0. The molecule has 0 unspecified atom stereocenters. The molecule has 0 aromatic heterocycles. The lowest BCUT2D eigenvalue weighted by molar-refractivity contribution is -0.153. The van der Waals surface area contributed by atoms with Crippen LogP contribution in [0.5, 0.6) is 0 Å². The van der Waals surface area contributed by atoms with Crippen molar-refractivity contribution >= 4 is 12.1 Å². The summed E-state index contributed by atoms with van der Waals surface area (Å²) in [5, 5.41) is 2.47. The van der Waals surface area contributed by atoms with Crippen molar-refractivity contribution < 1.29 is 30.0 Å². The monoisotopic (exact) mass is 674 g/mol. The van der Waals surface area contributed by atoms with E-state index in [4.69, 9.17) is 18.9 Å². The first-order valence-electron chi connectivity index (χ1n) is 20.1. The summed E-state index contributed by atoms with van der Waals surface area (Å²) in [7, 11) is 0. The van der Waals surface area contributed by atoms with Gasteiger partial charge in [-0.05, 0) is 33.6 Å². The fourth-order valence-corrected chi connectivity index (χ4v) is 5.34. The molecule has 0 saturated carbocycles. The van der Waals surface area contributed by atoms with E-state index in [2.05, 4.69) is 19.2 Å². The Labute approximate surface area is 294 Å². The van der Waals surface area contributed by atoms with Crippen LogP contribution in [0.25, 0.3) is 0 Å². The number of ether oxygens (including phenoxy) is 4. The van der Waals surface area contributed by atoms with Crippen LogP contribution < -0.4 is 5.32 Å². The zero-order chi connectivity index (χ0) is 35.3. The van der Waals surface area contributed by atoms with Crippen LogP contribution in [0.4, 0.5) is 4.79 Å². The molecule has 1 amide bonds. The number of alkyl carbamates (subject to hydrolysis) is 1. The smallest absolute Gasteiger partial charge is 0.407 e. The first-order chi connectivity index (χ1) is 22.8. The van der Waals surface area contributed by atoms with E-state index in [0.29, 0.717) is 19.8 Å². The van der Waals surface area contributed by atoms with Gasteiger partial charge in [0.15, 0.2) is 0 Å². The van der Waals surface area contributed by atoms with Gasteiger partial charge in [0.1, 0.15) is 24.9 Å². The standard InChI is InChI=1S/C38H75NO6.C2H6.H2/c1-6-8-10-12-14-16-18-20-22-24-26-28-30-42-33-35(34-44-37(41)39-32-36(40)45-38(3,4)5)43-31-29-27-25-23-21-19-17-15-13-11-9-7-2;1-2;/h35H,6-34H2,1-5H3,(H,39,41);1-2H3;1H/t35-;;/m1../s1. The van der Waals surface area contributed by atoms with Crippen molar-refractivity contribution in [1.82, 2.24) is 5.32 Å². The van der Waals surface area contributed by atoms with Gasteiger partial charge in [0.2, 0.25) is 0 Å². The normalized spacial score (nSPS) is 11.9. The molecule has 0 saturated heterocycles. The second-order valence-corrected chi connectivity index (χ2v) is 13.9. The number of amides is 1. The minimum absolute atomic E-state index is 0. The van der Waals surface area contributed by atoms with E-state index in [1.807, 2.05) is 13.8 Å². The maximum absolute atomic E-state index is 12.2. The molecule has 284 valence electrons. The number of unbranched alkanes of at least 4 members (excludes halogenated alkanes) is 22. The molecule has 0 aliphatic heterocycles. The second kappa shape index (κ2) is 37.5. The Bertz CT molecular complexity index is 658. The van der Waals surface area contributed by atoms with Crippen molar-refractivity contribution in [2.24, 2.45) is 0 Å². The van der Waals surface area contributed by atoms with Crippen molar-refractivity contribution in [1.29, 1.82) is 0 Å². The number of nitrogens with one attached hydrogen (secondary N) is 1. The molecular formula is C40H83NO6. The first kappa shape index (κ1) is 47.8. The highest BCUT2D eigenvalue weighted by Crippen LogP contribution is 2.14. The topological polar surface area (TPSA) is 83.1 Å². The van der Waals surface area contributed by atoms with Crippen LogP contribution in [-0.2, 0) is 23.7 Å². The van der Waals surface area contributed by atoms with Crippen LogP contribution in [0.3, 0.4) is 0 Å². The van der Waals surface area contributed by atoms with Gasteiger partial charge >= 0.3 is 12.1 Å². The van der Waals surface area contributed by atoms with Crippen LogP contribution in [0.1, 0.15) is 204 Å². The fraction of sp³-hybridized carbons (Fsp3) is 0.950. The molecule has 0 rings (SSSR count). The van der Waals surface area contributed by atoms with E-state index in [1.165, 1.54) is 135 Å². The Kier molecular flexibility index (Phi) is 38.1. The average Bonchev–Trinajstić information content (AvgIpc) is 3.04. The molecule has 0 radical (unpaired) electrons. The molecule has 0 aliphatic carbocycles. The molecule has 1 N–H and O–H groups in total. The van der Waals surface area contributed by atoms with Crippen molar-refractivity contribution in [2.75, 3.05) is 33.0 Å². The van der Waals surface area contributed by atoms with Crippen LogP contribution in [-0.4, -0.2) is 56.7 Å². The Morgan fingerprint density at radius 2 is 0.957 bits per heavy atom. The summed E-state index contributed by atoms with van der Waals surface area (Å²) in [6.07, 6.45) is 30.4. The molecule has 0 aromatic carbocycles. The van der Waals surface area contributed by atoms with Crippen LogP contribution in [0.2, 0.25) is 0 Å². The van der Waals surface area contributed by atoms with Crippen molar-refractivity contribution in [3.63, 3.8) is 0 Å². The summed E-state index contributed by atoms with van der Waals surface area (Å²) < 4.78 is 22.6. The highest BCUT2D eigenvalue weighted by molar-refractivity contribution is 5.78. The first-order valence-corrected chi connectivity index (χ1v) is 20.1.